The Balaban J connectivity index is 1.51. The van der Waals surface area contributed by atoms with Crippen LogP contribution in [0.15, 0.2) is 48.0 Å². The van der Waals surface area contributed by atoms with E-state index in [1.807, 2.05) is 28.8 Å². The summed E-state index contributed by atoms with van der Waals surface area (Å²) in [7, 11) is 0. The lowest BCUT2D eigenvalue weighted by Crippen LogP contribution is -2.54. The van der Waals surface area contributed by atoms with Crippen molar-refractivity contribution in [2.45, 2.75) is 33.0 Å². The van der Waals surface area contributed by atoms with E-state index in [1.54, 1.807) is 22.9 Å². The number of aryl methyl sites for hydroxylation is 1. The van der Waals surface area contributed by atoms with Gasteiger partial charge in [-0.15, -0.1) is 0 Å². The standard InChI is InChI=1S/C22H28N8O2/c1-4-19(31)28-11-10-27(16(3)15-28)12-13-30-20(32)7-6-17-14-23-22(25-21(17)30)24-18-8-9-29(5-2)26-18/h4,6-9,14,16H,1,5,10-13,15H2,2-3H3,(H,23,24,25,26)/t16-/m0/s1. The number of nitrogens with zero attached hydrogens (tertiary/aromatic N) is 7. The van der Waals surface area contributed by atoms with Gasteiger partial charge in [-0.25, -0.2) is 4.98 Å². The van der Waals surface area contributed by atoms with E-state index in [4.69, 9.17) is 0 Å². The molecule has 10 nitrogen and oxygen atoms in total. The molecule has 0 radical (unpaired) electrons. The van der Waals surface area contributed by atoms with E-state index in [0.29, 0.717) is 43.6 Å². The van der Waals surface area contributed by atoms with Crippen LogP contribution in [0.3, 0.4) is 0 Å². The van der Waals surface area contributed by atoms with Gasteiger partial charge in [0.1, 0.15) is 5.65 Å². The van der Waals surface area contributed by atoms with Gasteiger partial charge in [0.15, 0.2) is 5.82 Å². The summed E-state index contributed by atoms with van der Waals surface area (Å²) in [6.45, 7) is 11.7. The second-order valence-electron chi connectivity index (χ2n) is 7.85. The minimum absolute atomic E-state index is 0.0396. The monoisotopic (exact) mass is 436 g/mol. The van der Waals surface area contributed by atoms with Gasteiger partial charge >= 0.3 is 0 Å². The Labute approximate surface area is 186 Å². The number of amides is 1. The number of hydrogen-bond donors (Lipinski definition) is 1. The molecular formula is C22H28N8O2. The van der Waals surface area contributed by atoms with Crippen molar-refractivity contribution in [1.82, 2.24) is 34.1 Å². The Morgan fingerprint density at radius 2 is 2.12 bits per heavy atom. The molecule has 0 bridgehead atoms. The minimum Gasteiger partial charge on any atom is -0.336 e. The third kappa shape index (κ3) is 4.54. The first kappa shape index (κ1) is 21.7. The van der Waals surface area contributed by atoms with Crippen LogP contribution in [0.5, 0.6) is 0 Å². The predicted octanol–water partition coefficient (Wildman–Crippen LogP) is 1.47. The molecule has 1 atom stereocenters. The van der Waals surface area contributed by atoms with E-state index in [0.717, 1.165) is 18.5 Å². The first-order valence-electron chi connectivity index (χ1n) is 10.8. The second kappa shape index (κ2) is 9.31. The van der Waals surface area contributed by atoms with Crippen molar-refractivity contribution < 1.29 is 4.79 Å². The quantitative estimate of drug-likeness (QED) is 0.560. The second-order valence-corrected chi connectivity index (χ2v) is 7.85. The van der Waals surface area contributed by atoms with Gasteiger partial charge in [0.25, 0.3) is 5.56 Å². The van der Waals surface area contributed by atoms with Gasteiger partial charge in [-0.2, -0.15) is 10.1 Å². The van der Waals surface area contributed by atoms with Crippen LogP contribution in [-0.4, -0.2) is 72.2 Å². The zero-order chi connectivity index (χ0) is 22.7. The Morgan fingerprint density at radius 1 is 1.28 bits per heavy atom. The molecular weight excluding hydrogens is 408 g/mol. The van der Waals surface area contributed by atoms with E-state index in [9.17, 15) is 9.59 Å². The third-order valence-electron chi connectivity index (χ3n) is 5.79. The van der Waals surface area contributed by atoms with Crippen LogP contribution < -0.4 is 10.9 Å². The number of nitrogens with one attached hydrogen (secondary N) is 1. The highest BCUT2D eigenvalue weighted by Crippen LogP contribution is 2.15. The van der Waals surface area contributed by atoms with Crippen LogP contribution in [-0.2, 0) is 17.9 Å². The molecule has 1 N–H and O–H groups in total. The van der Waals surface area contributed by atoms with Gasteiger partial charge in [0, 0.05) is 75.2 Å². The van der Waals surface area contributed by atoms with Crippen molar-refractivity contribution in [2.24, 2.45) is 0 Å². The largest absolute Gasteiger partial charge is 0.336 e. The lowest BCUT2D eigenvalue weighted by molar-refractivity contribution is -0.128. The highest BCUT2D eigenvalue weighted by molar-refractivity contribution is 5.87. The molecule has 0 spiro atoms. The summed E-state index contributed by atoms with van der Waals surface area (Å²) in [5, 5.41) is 8.29. The molecule has 0 saturated carbocycles. The zero-order valence-electron chi connectivity index (χ0n) is 18.4. The number of aromatic nitrogens is 5. The Hall–Kier alpha value is -3.53. The van der Waals surface area contributed by atoms with Gasteiger partial charge in [-0.3, -0.25) is 23.7 Å². The molecule has 0 aromatic carbocycles. The molecule has 1 fully saturated rings. The lowest BCUT2D eigenvalue weighted by atomic mass is 10.2. The summed E-state index contributed by atoms with van der Waals surface area (Å²) >= 11 is 0. The molecule has 0 aliphatic carbocycles. The highest BCUT2D eigenvalue weighted by Gasteiger charge is 2.25. The summed E-state index contributed by atoms with van der Waals surface area (Å²) in [6, 6.07) is 5.34. The van der Waals surface area contributed by atoms with Crippen LogP contribution in [0.4, 0.5) is 11.8 Å². The van der Waals surface area contributed by atoms with Gasteiger partial charge in [0.2, 0.25) is 11.9 Å². The molecule has 1 amide bonds. The third-order valence-corrected chi connectivity index (χ3v) is 5.79. The van der Waals surface area contributed by atoms with Crippen molar-refractivity contribution in [3.63, 3.8) is 0 Å². The lowest BCUT2D eigenvalue weighted by Gasteiger charge is -2.39. The van der Waals surface area contributed by atoms with Crippen LogP contribution in [0, 0.1) is 0 Å². The molecule has 0 unspecified atom stereocenters. The fourth-order valence-electron chi connectivity index (χ4n) is 3.95. The maximum absolute atomic E-state index is 12.7. The molecule has 4 rings (SSSR count). The van der Waals surface area contributed by atoms with E-state index in [1.165, 1.54) is 6.08 Å². The number of rotatable bonds is 7. The average molecular weight is 437 g/mol. The molecule has 1 aliphatic rings. The summed E-state index contributed by atoms with van der Waals surface area (Å²) in [6.07, 6.45) is 4.94. The SMILES string of the molecule is C=CC(=O)N1CCN(CCn2c(=O)ccc3cnc(Nc4ccn(CC)n4)nc32)[C@@H](C)C1. The Morgan fingerprint density at radius 3 is 2.84 bits per heavy atom. The zero-order valence-corrected chi connectivity index (χ0v) is 18.4. The van der Waals surface area contributed by atoms with E-state index in [-0.39, 0.29) is 17.5 Å². The Bertz CT molecular complexity index is 1180. The van der Waals surface area contributed by atoms with Crippen LogP contribution in [0.1, 0.15) is 13.8 Å². The van der Waals surface area contributed by atoms with E-state index in [2.05, 4.69) is 38.8 Å². The van der Waals surface area contributed by atoms with Crippen molar-refractivity contribution in [2.75, 3.05) is 31.5 Å². The normalized spacial score (nSPS) is 16.9. The molecule has 4 heterocycles. The summed E-state index contributed by atoms with van der Waals surface area (Å²) in [5.74, 6) is 1.00. The fraction of sp³-hybridized carbons (Fsp3) is 0.409. The smallest absolute Gasteiger partial charge is 0.252 e. The molecule has 3 aromatic rings. The van der Waals surface area contributed by atoms with E-state index < -0.39 is 0 Å². The first-order chi connectivity index (χ1) is 15.5. The maximum Gasteiger partial charge on any atom is 0.252 e. The molecule has 1 saturated heterocycles. The minimum atomic E-state index is -0.106. The Kier molecular flexibility index (Phi) is 6.31. The molecule has 3 aromatic heterocycles. The number of fused-ring (bicyclic) bond motifs is 1. The van der Waals surface area contributed by atoms with Crippen LogP contribution in [0.25, 0.3) is 11.0 Å². The van der Waals surface area contributed by atoms with Gasteiger partial charge in [0.05, 0.1) is 0 Å². The topological polar surface area (TPSA) is 101 Å². The highest BCUT2D eigenvalue weighted by atomic mass is 16.2. The van der Waals surface area contributed by atoms with Gasteiger partial charge in [-0.05, 0) is 26.0 Å². The van der Waals surface area contributed by atoms with Crippen LogP contribution >= 0.6 is 0 Å². The van der Waals surface area contributed by atoms with Crippen molar-refractivity contribution in [3.05, 3.63) is 53.6 Å². The summed E-state index contributed by atoms with van der Waals surface area (Å²) in [5.41, 5.74) is 0.476. The number of carbonyl (C=O) groups excluding carboxylic acids is 1. The molecule has 32 heavy (non-hydrogen) atoms. The molecule has 10 heteroatoms. The number of hydrogen-bond acceptors (Lipinski definition) is 7. The summed E-state index contributed by atoms with van der Waals surface area (Å²) < 4.78 is 3.49. The number of piperazine rings is 1. The number of anilines is 2. The van der Waals surface area contributed by atoms with Crippen molar-refractivity contribution in [3.8, 4) is 0 Å². The van der Waals surface area contributed by atoms with Crippen molar-refractivity contribution >= 4 is 28.7 Å². The number of pyridine rings is 1. The molecule has 168 valence electrons. The fourth-order valence-corrected chi connectivity index (χ4v) is 3.95. The maximum atomic E-state index is 12.7. The molecule has 1 aliphatic heterocycles. The van der Waals surface area contributed by atoms with Crippen LogP contribution in [0.2, 0.25) is 0 Å². The van der Waals surface area contributed by atoms with Gasteiger partial charge in [-0.1, -0.05) is 6.58 Å². The van der Waals surface area contributed by atoms with Gasteiger partial charge < -0.3 is 10.2 Å². The predicted molar refractivity (Wildman–Crippen MR) is 123 cm³/mol. The van der Waals surface area contributed by atoms with E-state index >= 15 is 0 Å². The summed E-state index contributed by atoms with van der Waals surface area (Å²) in [4.78, 5) is 37.6. The average Bonchev–Trinajstić information content (AvgIpc) is 3.26. The van der Waals surface area contributed by atoms with Crippen molar-refractivity contribution in [1.29, 1.82) is 0 Å². The first-order valence-corrected chi connectivity index (χ1v) is 10.8. The number of carbonyl (C=O) groups is 1.